The Morgan fingerprint density at radius 2 is 2.40 bits per heavy atom. The smallest absolute Gasteiger partial charge is 0.234 e. The predicted octanol–water partition coefficient (Wildman–Crippen LogP) is 2.23. The molecule has 1 N–H and O–H groups in total. The van der Waals surface area contributed by atoms with Gasteiger partial charge >= 0.3 is 0 Å². The van der Waals surface area contributed by atoms with Crippen LogP contribution in [0.4, 0.5) is 4.39 Å². The minimum atomic E-state index is -0.323. The maximum atomic E-state index is 12.0. The van der Waals surface area contributed by atoms with E-state index in [0.717, 1.165) is 31.5 Å². The highest BCUT2D eigenvalue weighted by molar-refractivity contribution is 7.93. The van der Waals surface area contributed by atoms with E-state index >= 15 is 0 Å². The second kappa shape index (κ2) is 4.29. The molecule has 0 aromatic rings. The molecular weight excluding hydrogens is 217 g/mol. The van der Waals surface area contributed by atoms with Gasteiger partial charge in [0.2, 0.25) is 5.91 Å². The van der Waals surface area contributed by atoms with Crippen molar-refractivity contribution in [1.29, 1.82) is 0 Å². The van der Waals surface area contributed by atoms with Gasteiger partial charge in [-0.25, -0.2) is 0 Å². The summed E-state index contributed by atoms with van der Waals surface area (Å²) in [6.45, 7) is 1.70. The third kappa shape index (κ3) is 3.08. The highest BCUT2D eigenvalue weighted by Gasteiger charge is 2.43. The average molecular weight is 233 g/mol. The molecule has 15 heavy (non-hydrogen) atoms. The van der Waals surface area contributed by atoms with Crippen molar-refractivity contribution < 1.29 is 13.4 Å². The van der Waals surface area contributed by atoms with Crippen molar-refractivity contribution in [3.8, 4) is 0 Å². The van der Waals surface area contributed by atoms with Crippen LogP contribution in [-0.2, 0) is 8.98 Å². The van der Waals surface area contributed by atoms with Gasteiger partial charge in [0.1, 0.15) is 12.2 Å². The maximum Gasteiger partial charge on any atom is 0.234 e. The molecular formula is C10H16FNO2S. The molecule has 0 saturated heterocycles. The highest BCUT2D eigenvalue weighted by atomic mass is 32.2. The summed E-state index contributed by atoms with van der Waals surface area (Å²) in [5, 5.41) is 0. The molecule has 0 aromatic carbocycles. The second-order valence-corrected chi connectivity index (χ2v) is 5.20. The second-order valence-electron chi connectivity index (χ2n) is 4.66. The minimum Gasteiger partial charge on any atom is -0.290 e. The summed E-state index contributed by atoms with van der Waals surface area (Å²) in [6, 6.07) is 0. The van der Waals surface area contributed by atoms with Gasteiger partial charge in [0.15, 0.2) is 0 Å². The molecule has 1 amide bonds. The molecule has 86 valence electrons. The lowest BCUT2D eigenvalue weighted by Gasteiger charge is -2.08. The molecule has 0 spiro atoms. The van der Waals surface area contributed by atoms with Crippen LogP contribution in [0.15, 0.2) is 0 Å². The van der Waals surface area contributed by atoms with Crippen molar-refractivity contribution >= 4 is 18.1 Å². The van der Waals surface area contributed by atoms with E-state index in [0.29, 0.717) is 6.42 Å². The number of alkyl halides is 1. The van der Waals surface area contributed by atoms with Crippen molar-refractivity contribution in [1.82, 2.24) is 4.72 Å². The van der Waals surface area contributed by atoms with Crippen molar-refractivity contribution in [3.63, 3.8) is 0 Å². The number of halogens is 1. The first-order chi connectivity index (χ1) is 7.14. The van der Waals surface area contributed by atoms with Gasteiger partial charge in [-0.15, -0.1) is 0 Å². The number of nitrogens with one attached hydrogen (secondary N) is 1. The summed E-state index contributed by atoms with van der Waals surface area (Å²) in [7, 11) is 0. The molecule has 0 heterocycles. The number of rotatable bonds is 6. The number of amides is 1. The third-order valence-electron chi connectivity index (χ3n) is 3.08. The van der Waals surface area contributed by atoms with E-state index in [1.54, 1.807) is 0 Å². The van der Waals surface area contributed by atoms with Crippen LogP contribution in [0.25, 0.3) is 0 Å². The van der Waals surface area contributed by atoms with E-state index in [1.165, 1.54) is 0 Å². The molecule has 2 rings (SSSR count). The van der Waals surface area contributed by atoms with Gasteiger partial charge in [-0.1, -0.05) is 0 Å². The molecule has 0 aliphatic heterocycles. The van der Waals surface area contributed by atoms with E-state index in [-0.39, 0.29) is 30.0 Å². The van der Waals surface area contributed by atoms with Crippen LogP contribution >= 0.6 is 12.2 Å². The Hall–Kier alpha value is -0.290. The molecule has 2 aliphatic rings. The summed E-state index contributed by atoms with van der Waals surface area (Å²) < 4.78 is 20.0. The Bertz CT molecular complexity index is 258. The summed E-state index contributed by atoms with van der Waals surface area (Å²) in [5.41, 5.74) is -0.0279. The van der Waals surface area contributed by atoms with E-state index < -0.39 is 0 Å². The average Bonchev–Trinajstić information content (AvgIpc) is 3.06. The minimum absolute atomic E-state index is 0.0114. The number of carbonyl (C=O) groups is 1. The van der Waals surface area contributed by atoms with E-state index in [4.69, 9.17) is 4.18 Å². The monoisotopic (exact) mass is 233 g/mol. The fraction of sp³-hybridized carbons (Fsp3) is 0.900. The van der Waals surface area contributed by atoms with Crippen LogP contribution in [0, 0.1) is 11.8 Å². The lowest BCUT2D eigenvalue weighted by atomic mass is 10.2. The lowest BCUT2D eigenvalue weighted by molar-refractivity contribution is -0.120. The summed E-state index contributed by atoms with van der Waals surface area (Å²) in [6.07, 6.45) is 3.46. The molecule has 2 atom stereocenters. The molecule has 1 unspecified atom stereocenters. The summed E-state index contributed by atoms with van der Waals surface area (Å²) >= 11 is 1.03. The van der Waals surface area contributed by atoms with Crippen molar-refractivity contribution in [2.45, 2.75) is 38.2 Å². The molecule has 0 bridgehead atoms. The van der Waals surface area contributed by atoms with E-state index in [1.807, 2.05) is 6.92 Å². The van der Waals surface area contributed by atoms with Crippen LogP contribution in [-0.4, -0.2) is 18.2 Å². The largest absolute Gasteiger partial charge is 0.290 e. The van der Waals surface area contributed by atoms with Crippen molar-refractivity contribution in [2.75, 3.05) is 6.67 Å². The molecule has 0 aromatic heterocycles. The SMILES string of the molecule is CC1(OSNC(=O)[C@H]2CC2CCF)CC1. The summed E-state index contributed by atoms with van der Waals surface area (Å²) in [4.78, 5) is 11.5. The maximum absolute atomic E-state index is 12.0. The molecule has 5 heteroatoms. The standard InChI is InChI=1S/C10H16FNO2S/c1-10(3-4-10)14-15-12-9(13)8-6-7(8)2-5-11/h7-8H,2-6H2,1H3,(H,12,13)/t7?,8-/m0/s1. The fourth-order valence-corrected chi connectivity index (χ4v) is 2.17. The topological polar surface area (TPSA) is 38.3 Å². The Kier molecular flexibility index (Phi) is 3.21. The Morgan fingerprint density at radius 3 is 3.00 bits per heavy atom. The number of carbonyl (C=O) groups excluding carboxylic acids is 1. The van der Waals surface area contributed by atoms with Gasteiger partial charge in [-0.2, -0.15) is 0 Å². The van der Waals surface area contributed by atoms with Crippen LogP contribution in [0.1, 0.15) is 32.6 Å². The zero-order chi connectivity index (χ0) is 10.9. The first kappa shape index (κ1) is 11.2. The van der Waals surface area contributed by atoms with Crippen molar-refractivity contribution in [3.05, 3.63) is 0 Å². The first-order valence-electron chi connectivity index (χ1n) is 5.35. The molecule has 2 saturated carbocycles. The quantitative estimate of drug-likeness (QED) is 0.565. The number of hydrogen-bond donors (Lipinski definition) is 1. The molecule has 2 fully saturated rings. The van der Waals surface area contributed by atoms with Crippen LogP contribution in [0.2, 0.25) is 0 Å². The zero-order valence-corrected chi connectivity index (χ0v) is 9.61. The summed E-state index contributed by atoms with van der Waals surface area (Å²) in [5.74, 6) is 0.263. The Labute approximate surface area is 93.5 Å². The molecule has 3 nitrogen and oxygen atoms in total. The van der Waals surface area contributed by atoms with Gasteiger partial charge in [0, 0.05) is 5.92 Å². The normalized spacial score (nSPS) is 31.1. The van der Waals surface area contributed by atoms with Crippen LogP contribution in [0.5, 0.6) is 0 Å². The third-order valence-corrected chi connectivity index (χ3v) is 3.85. The van der Waals surface area contributed by atoms with Crippen LogP contribution < -0.4 is 4.72 Å². The molecule has 0 radical (unpaired) electrons. The number of hydrogen-bond acceptors (Lipinski definition) is 3. The van der Waals surface area contributed by atoms with Gasteiger partial charge in [-0.05, 0) is 38.5 Å². The Balaban J connectivity index is 1.57. The predicted molar refractivity (Wildman–Crippen MR) is 56.6 cm³/mol. The van der Waals surface area contributed by atoms with Gasteiger partial charge < -0.3 is 0 Å². The Morgan fingerprint density at radius 1 is 1.67 bits per heavy atom. The van der Waals surface area contributed by atoms with Crippen molar-refractivity contribution in [2.24, 2.45) is 11.8 Å². The van der Waals surface area contributed by atoms with Crippen LogP contribution in [0.3, 0.4) is 0 Å². The molecule has 2 aliphatic carbocycles. The van der Waals surface area contributed by atoms with E-state index in [9.17, 15) is 9.18 Å². The van der Waals surface area contributed by atoms with Gasteiger partial charge in [0.05, 0.1) is 12.3 Å². The highest BCUT2D eigenvalue weighted by Crippen LogP contribution is 2.43. The zero-order valence-electron chi connectivity index (χ0n) is 8.79. The fourth-order valence-electron chi connectivity index (χ4n) is 1.53. The van der Waals surface area contributed by atoms with E-state index in [2.05, 4.69) is 4.72 Å². The van der Waals surface area contributed by atoms with Gasteiger partial charge in [0.25, 0.3) is 0 Å². The lowest BCUT2D eigenvalue weighted by Crippen LogP contribution is -2.20. The first-order valence-corrected chi connectivity index (χ1v) is 6.09. The van der Waals surface area contributed by atoms with Gasteiger partial charge in [-0.3, -0.25) is 18.1 Å².